The number of rotatable bonds is 0. The smallest absolute Gasteiger partial charge is 0.407 e. The predicted molar refractivity (Wildman–Crippen MR) is 45.7 cm³/mol. The number of ether oxygens (including phenoxy) is 1. The molecule has 2 fully saturated rings. The number of carboxylic acid groups (broad SMARTS) is 1. The molecule has 13 heavy (non-hydrogen) atoms. The average molecular weight is 186 g/mol. The van der Waals surface area contributed by atoms with Crippen LogP contribution in [0.4, 0.5) is 4.79 Å². The second-order valence-corrected chi connectivity index (χ2v) is 3.49. The Morgan fingerprint density at radius 2 is 2.46 bits per heavy atom. The van der Waals surface area contributed by atoms with Crippen LogP contribution in [-0.4, -0.2) is 54.5 Å². The van der Waals surface area contributed by atoms with Gasteiger partial charge in [0.05, 0.1) is 19.3 Å². The first kappa shape index (κ1) is 8.77. The third-order valence-corrected chi connectivity index (χ3v) is 2.67. The molecule has 0 aromatic rings. The molecular weight excluding hydrogens is 172 g/mol. The van der Waals surface area contributed by atoms with E-state index in [9.17, 15) is 4.79 Å². The minimum absolute atomic E-state index is 0.0543. The van der Waals surface area contributed by atoms with Crippen molar-refractivity contribution in [2.75, 3.05) is 26.2 Å². The second-order valence-electron chi connectivity index (χ2n) is 3.49. The Kier molecular flexibility index (Phi) is 2.37. The molecule has 2 atom stereocenters. The fourth-order valence-corrected chi connectivity index (χ4v) is 1.95. The molecule has 0 unspecified atom stereocenters. The number of piperidine rings is 1. The van der Waals surface area contributed by atoms with Gasteiger partial charge in [0.25, 0.3) is 0 Å². The van der Waals surface area contributed by atoms with Gasteiger partial charge in [0.1, 0.15) is 0 Å². The van der Waals surface area contributed by atoms with Crippen molar-refractivity contribution < 1.29 is 14.6 Å². The van der Waals surface area contributed by atoms with Gasteiger partial charge in [-0.15, -0.1) is 0 Å². The van der Waals surface area contributed by atoms with Gasteiger partial charge in [-0.1, -0.05) is 0 Å². The van der Waals surface area contributed by atoms with Crippen molar-refractivity contribution in [3.8, 4) is 0 Å². The summed E-state index contributed by atoms with van der Waals surface area (Å²) in [5.74, 6) is 0. The highest BCUT2D eigenvalue weighted by atomic mass is 16.5. The summed E-state index contributed by atoms with van der Waals surface area (Å²) in [5, 5.41) is 12.1. The molecule has 2 heterocycles. The highest BCUT2D eigenvalue weighted by Gasteiger charge is 2.33. The Hall–Kier alpha value is -0.810. The maximum absolute atomic E-state index is 10.7. The first-order valence-corrected chi connectivity index (χ1v) is 4.60. The maximum Gasteiger partial charge on any atom is 0.407 e. The van der Waals surface area contributed by atoms with E-state index < -0.39 is 6.09 Å². The molecule has 74 valence electrons. The quantitative estimate of drug-likeness (QED) is 0.546. The zero-order chi connectivity index (χ0) is 9.26. The molecule has 0 aromatic heterocycles. The number of nitrogens with zero attached hydrogens (tertiary/aromatic N) is 1. The summed E-state index contributed by atoms with van der Waals surface area (Å²) in [5.41, 5.74) is 0. The molecular formula is C8H14N2O3. The van der Waals surface area contributed by atoms with Gasteiger partial charge in [-0.2, -0.15) is 0 Å². The molecule has 1 amide bonds. The molecule has 2 aliphatic heterocycles. The van der Waals surface area contributed by atoms with Crippen molar-refractivity contribution >= 4 is 6.09 Å². The lowest BCUT2D eigenvalue weighted by Crippen LogP contribution is -2.58. The molecule has 5 heteroatoms. The van der Waals surface area contributed by atoms with Gasteiger partial charge in [-0.3, -0.25) is 0 Å². The summed E-state index contributed by atoms with van der Waals surface area (Å²) < 4.78 is 5.49. The summed E-state index contributed by atoms with van der Waals surface area (Å²) >= 11 is 0. The SMILES string of the molecule is O=C(O)N1CC[C@H]2NCCO[C@@H]2C1. The number of carbonyl (C=O) groups is 1. The van der Waals surface area contributed by atoms with E-state index in [1.807, 2.05) is 0 Å². The molecule has 2 saturated heterocycles. The topological polar surface area (TPSA) is 61.8 Å². The second kappa shape index (κ2) is 3.51. The first-order valence-electron chi connectivity index (χ1n) is 4.60. The summed E-state index contributed by atoms with van der Waals surface area (Å²) in [7, 11) is 0. The maximum atomic E-state index is 10.7. The van der Waals surface area contributed by atoms with Crippen molar-refractivity contribution in [1.29, 1.82) is 0 Å². The van der Waals surface area contributed by atoms with Crippen LogP contribution in [0.1, 0.15) is 6.42 Å². The summed E-state index contributed by atoms with van der Waals surface area (Å²) in [6.07, 6.45) is 0.0722. The molecule has 0 saturated carbocycles. The molecule has 5 nitrogen and oxygen atoms in total. The largest absolute Gasteiger partial charge is 0.465 e. The molecule has 0 spiro atoms. The molecule has 0 bridgehead atoms. The molecule has 2 N–H and O–H groups in total. The molecule has 0 radical (unpaired) electrons. The minimum atomic E-state index is -0.840. The molecule has 0 aliphatic carbocycles. The van der Waals surface area contributed by atoms with Crippen molar-refractivity contribution in [2.45, 2.75) is 18.6 Å². The van der Waals surface area contributed by atoms with Crippen molar-refractivity contribution in [2.24, 2.45) is 0 Å². The third-order valence-electron chi connectivity index (χ3n) is 2.67. The van der Waals surface area contributed by atoms with E-state index in [1.165, 1.54) is 4.90 Å². The van der Waals surface area contributed by atoms with Crippen molar-refractivity contribution in [3.05, 3.63) is 0 Å². The number of amides is 1. The fraction of sp³-hybridized carbons (Fsp3) is 0.875. The standard InChI is InChI=1S/C8H14N2O3/c11-8(12)10-3-1-6-7(5-10)13-4-2-9-6/h6-7,9H,1-5H2,(H,11,12)/t6-,7-/m1/s1. The van der Waals surface area contributed by atoms with Crippen LogP contribution in [0.3, 0.4) is 0 Å². The van der Waals surface area contributed by atoms with Crippen LogP contribution in [0.15, 0.2) is 0 Å². The van der Waals surface area contributed by atoms with Gasteiger partial charge < -0.3 is 20.1 Å². The van der Waals surface area contributed by atoms with E-state index >= 15 is 0 Å². The van der Waals surface area contributed by atoms with Gasteiger partial charge in [-0.05, 0) is 6.42 Å². The van der Waals surface area contributed by atoms with Gasteiger partial charge in [0.2, 0.25) is 0 Å². The number of nitrogens with one attached hydrogen (secondary N) is 1. The van der Waals surface area contributed by atoms with E-state index in [0.717, 1.165) is 13.0 Å². The van der Waals surface area contributed by atoms with Crippen LogP contribution in [0, 0.1) is 0 Å². The van der Waals surface area contributed by atoms with E-state index in [-0.39, 0.29) is 6.10 Å². The first-order chi connectivity index (χ1) is 6.27. The number of likely N-dealkylation sites (tertiary alicyclic amines) is 1. The summed E-state index contributed by atoms with van der Waals surface area (Å²) in [6.45, 7) is 2.70. The average Bonchev–Trinajstić information content (AvgIpc) is 2.17. The highest BCUT2D eigenvalue weighted by molar-refractivity contribution is 5.65. The van der Waals surface area contributed by atoms with Crippen LogP contribution in [0.2, 0.25) is 0 Å². The van der Waals surface area contributed by atoms with Gasteiger partial charge in [0, 0.05) is 19.1 Å². The zero-order valence-corrected chi connectivity index (χ0v) is 7.40. The Morgan fingerprint density at radius 1 is 1.62 bits per heavy atom. The Morgan fingerprint density at radius 3 is 3.23 bits per heavy atom. The van der Waals surface area contributed by atoms with Gasteiger partial charge in [-0.25, -0.2) is 4.79 Å². The molecule has 0 aromatic carbocycles. The number of fused-ring (bicyclic) bond motifs is 1. The Labute approximate surface area is 76.7 Å². The zero-order valence-electron chi connectivity index (χ0n) is 7.40. The third kappa shape index (κ3) is 1.76. The van der Waals surface area contributed by atoms with E-state index in [0.29, 0.717) is 25.7 Å². The number of morpholine rings is 1. The lowest BCUT2D eigenvalue weighted by molar-refractivity contribution is -0.0423. The van der Waals surface area contributed by atoms with Crippen LogP contribution in [0.5, 0.6) is 0 Å². The fourth-order valence-electron chi connectivity index (χ4n) is 1.95. The highest BCUT2D eigenvalue weighted by Crippen LogP contribution is 2.16. The Bertz CT molecular complexity index is 210. The van der Waals surface area contributed by atoms with E-state index in [4.69, 9.17) is 9.84 Å². The van der Waals surface area contributed by atoms with Crippen LogP contribution < -0.4 is 5.32 Å². The van der Waals surface area contributed by atoms with Crippen molar-refractivity contribution in [3.63, 3.8) is 0 Å². The molecule has 2 aliphatic rings. The van der Waals surface area contributed by atoms with Crippen LogP contribution in [0.25, 0.3) is 0 Å². The summed E-state index contributed by atoms with van der Waals surface area (Å²) in [4.78, 5) is 12.1. The summed E-state index contributed by atoms with van der Waals surface area (Å²) in [6, 6.07) is 0.351. The number of hydrogen-bond donors (Lipinski definition) is 2. The Balaban J connectivity index is 1.95. The number of hydrogen-bond acceptors (Lipinski definition) is 3. The monoisotopic (exact) mass is 186 g/mol. The van der Waals surface area contributed by atoms with Crippen molar-refractivity contribution in [1.82, 2.24) is 10.2 Å². The van der Waals surface area contributed by atoms with Crippen LogP contribution >= 0.6 is 0 Å². The van der Waals surface area contributed by atoms with E-state index in [1.54, 1.807) is 0 Å². The lowest BCUT2D eigenvalue weighted by atomic mass is 10.0. The van der Waals surface area contributed by atoms with Crippen LogP contribution in [-0.2, 0) is 4.74 Å². The minimum Gasteiger partial charge on any atom is -0.465 e. The predicted octanol–water partition coefficient (Wildman–Crippen LogP) is -0.273. The molecule has 2 rings (SSSR count). The normalized spacial score (nSPS) is 34.0. The van der Waals surface area contributed by atoms with Gasteiger partial charge >= 0.3 is 6.09 Å². The van der Waals surface area contributed by atoms with E-state index in [2.05, 4.69) is 5.32 Å². The lowest BCUT2D eigenvalue weighted by Gasteiger charge is -2.40. The van der Waals surface area contributed by atoms with Gasteiger partial charge in [0.15, 0.2) is 0 Å².